The van der Waals surface area contributed by atoms with Crippen molar-refractivity contribution in [1.29, 1.82) is 0 Å². The number of carbonyl (C=O) groups is 2. The van der Waals surface area contributed by atoms with Gasteiger partial charge in [-0.25, -0.2) is 0 Å². The quantitative estimate of drug-likeness (QED) is 0.870. The lowest BCUT2D eigenvalue weighted by Gasteiger charge is -2.25. The summed E-state index contributed by atoms with van der Waals surface area (Å²) in [6.07, 6.45) is 0. The molecule has 24 heavy (non-hydrogen) atoms. The van der Waals surface area contributed by atoms with Gasteiger partial charge >= 0.3 is 0 Å². The maximum Gasteiger partial charge on any atom is 0.248 e. The summed E-state index contributed by atoms with van der Waals surface area (Å²) >= 11 is 6.22. The standard InChI is InChI=1S/C18H19ClN2O3/c1-18(2,12-6-4-5-7-13(12)19)17(23)21-14-10-11(16(20)22)8-9-15(14)24-3/h4-10H,1-3H3,(H2,20,22)(H,21,23). The summed E-state index contributed by atoms with van der Waals surface area (Å²) in [5.41, 5.74) is 5.77. The third kappa shape index (κ3) is 3.51. The molecule has 2 aromatic rings. The molecule has 0 aliphatic rings. The minimum atomic E-state index is -0.883. The van der Waals surface area contributed by atoms with Crippen LogP contribution in [0.3, 0.4) is 0 Å². The van der Waals surface area contributed by atoms with Gasteiger partial charge in [0.05, 0.1) is 18.2 Å². The molecule has 0 bridgehead atoms. The molecule has 2 rings (SSSR count). The molecular weight excluding hydrogens is 328 g/mol. The van der Waals surface area contributed by atoms with Crippen LogP contribution in [-0.4, -0.2) is 18.9 Å². The van der Waals surface area contributed by atoms with Gasteiger partial charge in [0, 0.05) is 10.6 Å². The molecule has 2 amide bonds. The maximum absolute atomic E-state index is 12.8. The molecule has 0 heterocycles. The Kier molecular flexibility index (Phi) is 5.14. The van der Waals surface area contributed by atoms with E-state index < -0.39 is 11.3 Å². The Morgan fingerprint density at radius 1 is 1.17 bits per heavy atom. The van der Waals surface area contributed by atoms with E-state index in [0.717, 1.165) is 0 Å². The van der Waals surface area contributed by atoms with E-state index in [1.165, 1.54) is 19.2 Å². The first kappa shape index (κ1) is 17.8. The zero-order chi connectivity index (χ0) is 17.9. The SMILES string of the molecule is COc1ccc(C(N)=O)cc1NC(=O)C(C)(C)c1ccccc1Cl. The number of carbonyl (C=O) groups excluding carboxylic acids is 2. The number of rotatable bonds is 5. The number of methoxy groups -OCH3 is 1. The number of hydrogen-bond donors (Lipinski definition) is 2. The summed E-state index contributed by atoms with van der Waals surface area (Å²) in [4.78, 5) is 24.1. The first-order valence-electron chi connectivity index (χ1n) is 7.31. The molecule has 5 nitrogen and oxygen atoms in total. The monoisotopic (exact) mass is 346 g/mol. The molecular formula is C18H19ClN2O3. The van der Waals surface area contributed by atoms with Crippen LogP contribution in [0.5, 0.6) is 5.75 Å². The van der Waals surface area contributed by atoms with Gasteiger partial charge in [-0.1, -0.05) is 29.8 Å². The van der Waals surface area contributed by atoms with Crippen molar-refractivity contribution in [2.75, 3.05) is 12.4 Å². The van der Waals surface area contributed by atoms with Crippen LogP contribution in [0.15, 0.2) is 42.5 Å². The van der Waals surface area contributed by atoms with Crippen LogP contribution in [0, 0.1) is 0 Å². The number of primary amides is 1. The Bertz CT molecular complexity index is 788. The van der Waals surface area contributed by atoms with Crippen molar-refractivity contribution in [1.82, 2.24) is 0 Å². The van der Waals surface area contributed by atoms with Gasteiger partial charge in [-0.15, -0.1) is 0 Å². The van der Waals surface area contributed by atoms with E-state index in [0.29, 0.717) is 22.0 Å². The molecule has 2 aromatic carbocycles. The molecule has 3 N–H and O–H groups in total. The Hall–Kier alpha value is -2.53. The van der Waals surface area contributed by atoms with E-state index in [9.17, 15) is 9.59 Å². The molecule has 0 aliphatic carbocycles. The van der Waals surface area contributed by atoms with E-state index in [-0.39, 0.29) is 11.5 Å². The second-order valence-electron chi connectivity index (χ2n) is 5.84. The zero-order valence-electron chi connectivity index (χ0n) is 13.7. The molecule has 0 saturated heterocycles. The van der Waals surface area contributed by atoms with Crippen molar-refractivity contribution in [2.24, 2.45) is 5.73 Å². The molecule has 0 radical (unpaired) electrons. The Labute approximate surface area is 145 Å². The first-order valence-corrected chi connectivity index (χ1v) is 7.69. The predicted octanol–water partition coefficient (Wildman–Crippen LogP) is 3.36. The Morgan fingerprint density at radius 3 is 2.42 bits per heavy atom. The van der Waals surface area contributed by atoms with Gasteiger partial charge in [0.2, 0.25) is 11.8 Å². The molecule has 0 unspecified atom stereocenters. The fraction of sp³-hybridized carbons (Fsp3) is 0.222. The highest BCUT2D eigenvalue weighted by Gasteiger charge is 2.32. The molecule has 0 fully saturated rings. The van der Waals surface area contributed by atoms with Crippen molar-refractivity contribution in [3.8, 4) is 5.75 Å². The van der Waals surface area contributed by atoms with Crippen LogP contribution >= 0.6 is 11.6 Å². The van der Waals surface area contributed by atoms with Crippen LogP contribution in [-0.2, 0) is 10.2 Å². The van der Waals surface area contributed by atoms with E-state index in [2.05, 4.69) is 5.32 Å². The fourth-order valence-corrected chi connectivity index (χ4v) is 2.70. The first-order chi connectivity index (χ1) is 11.3. The zero-order valence-corrected chi connectivity index (χ0v) is 14.5. The lowest BCUT2D eigenvalue weighted by Crippen LogP contribution is -2.35. The number of halogens is 1. The van der Waals surface area contributed by atoms with Crippen LogP contribution in [0.4, 0.5) is 5.69 Å². The van der Waals surface area contributed by atoms with Gasteiger partial charge in [-0.05, 0) is 43.7 Å². The Balaban J connectivity index is 2.37. The largest absolute Gasteiger partial charge is 0.495 e. The third-order valence-electron chi connectivity index (χ3n) is 3.85. The highest BCUT2D eigenvalue weighted by molar-refractivity contribution is 6.31. The number of nitrogens with one attached hydrogen (secondary N) is 1. The minimum Gasteiger partial charge on any atom is -0.495 e. The lowest BCUT2D eigenvalue weighted by molar-refractivity contribution is -0.120. The number of anilines is 1. The summed E-state index contributed by atoms with van der Waals surface area (Å²) in [7, 11) is 1.48. The summed E-state index contributed by atoms with van der Waals surface area (Å²) in [5.74, 6) is -0.433. The molecule has 126 valence electrons. The van der Waals surface area contributed by atoms with Crippen LogP contribution in [0.2, 0.25) is 5.02 Å². The smallest absolute Gasteiger partial charge is 0.248 e. The van der Waals surface area contributed by atoms with E-state index in [4.69, 9.17) is 22.1 Å². The van der Waals surface area contributed by atoms with Crippen LogP contribution in [0.25, 0.3) is 0 Å². The van der Waals surface area contributed by atoms with Gasteiger partial charge in [-0.3, -0.25) is 9.59 Å². The lowest BCUT2D eigenvalue weighted by atomic mass is 9.83. The summed E-state index contributed by atoms with van der Waals surface area (Å²) < 4.78 is 5.23. The van der Waals surface area contributed by atoms with Crippen LogP contribution < -0.4 is 15.8 Å². The van der Waals surface area contributed by atoms with E-state index >= 15 is 0 Å². The number of benzene rings is 2. The normalized spacial score (nSPS) is 11.0. The molecule has 0 aromatic heterocycles. The molecule has 0 aliphatic heterocycles. The molecule has 0 atom stereocenters. The van der Waals surface area contributed by atoms with Gasteiger partial charge in [0.15, 0.2) is 0 Å². The number of nitrogens with two attached hydrogens (primary N) is 1. The van der Waals surface area contributed by atoms with Crippen molar-refractivity contribution in [3.05, 3.63) is 58.6 Å². The molecule has 0 saturated carbocycles. The minimum absolute atomic E-state index is 0.279. The highest BCUT2D eigenvalue weighted by Crippen LogP contribution is 2.33. The number of hydrogen-bond acceptors (Lipinski definition) is 3. The average molecular weight is 347 g/mol. The van der Waals surface area contributed by atoms with Gasteiger partial charge < -0.3 is 15.8 Å². The number of ether oxygens (including phenoxy) is 1. The van der Waals surface area contributed by atoms with Crippen molar-refractivity contribution in [2.45, 2.75) is 19.3 Å². The highest BCUT2D eigenvalue weighted by atomic mass is 35.5. The topological polar surface area (TPSA) is 81.4 Å². The summed E-state index contributed by atoms with van der Waals surface area (Å²) in [6.45, 7) is 3.54. The molecule has 0 spiro atoms. The summed E-state index contributed by atoms with van der Waals surface area (Å²) in [6, 6.07) is 11.8. The van der Waals surface area contributed by atoms with Crippen molar-refractivity contribution in [3.63, 3.8) is 0 Å². The predicted molar refractivity (Wildman–Crippen MR) is 94.6 cm³/mol. The summed E-state index contributed by atoms with van der Waals surface area (Å²) in [5, 5.41) is 3.30. The third-order valence-corrected chi connectivity index (χ3v) is 4.18. The maximum atomic E-state index is 12.8. The molecule has 6 heteroatoms. The second-order valence-corrected chi connectivity index (χ2v) is 6.25. The Morgan fingerprint density at radius 2 is 1.83 bits per heavy atom. The van der Waals surface area contributed by atoms with Crippen molar-refractivity contribution < 1.29 is 14.3 Å². The van der Waals surface area contributed by atoms with Gasteiger partial charge in [0.1, 0.15) is 5.75 Å². The van der Waals surface area contributed by atoms with Gasteiger partial charge in [-0.2, -0.15) is 0 Å². The van der Waals surface area contributed by atoms with E-state index in [1.54, 1.807) is 38.1 Å². The van der Waals surface area contributed by atoms with Crippen LogP contribution in [0.1, 0.15) is 29.8 Å². The van der Waals surface area contributed by atoms with Crippen molar-refractivity contribution >= 4 is 29.1 Å². The number of amides is 2. The van der Waals surface area contributed by atoms with E-state index in [1.807, 2.05) is 6.07 Å². The fourth-order valence-electron chi connectivity index (χ4n) is 2.33. The van der Waals surface area contributed by atoms with Gasteiger partial charge in [0.25, 0.3) is 0 Å². The second kappa shape index (κ2) is 6.93. The average Bonchev–Trinajstić information content (AvgIpc) is 2.54.